The van der Waals surface area contributed by atoms with Gasteiger partial charge in [-0.25, -0.2) is 19.9 Å². The molecule has 0 spiro atoms. The summed E-state index contributed by atoms with van der Waals surface area (Å²) in [4.78, 5) is 18.0. The molecule has 0 aliphatic rings. The highest BCUT2D eigenvalue weighted by atomic mass is 16.6. The number of ether oxygens (including phenoxy) is 8. The highest BCUT2D eigenvalue weighted by Crippen LogP contribution is 2.39. The van der Waals surface area contributed by atoms with Gasteiger partial charge in [0.25, 0.3) is 0 Å². The standard InChI is InChI=1S/2C32H43N3O4.CH4/c2*1-12-22-14-13-15-23(16-22)35-28-24-17-26(36-19-31(8,9)38-29(2,3)4)27(18-25(24)33-21-34-28)37-20-32(10,11)39-30(5,6)7;/h2*1,13-18,21H,19-20H2,2-11H3,(H,33,34,35);1H4/i1D;;. The summed E-state index contributed by atoms with van der Waals surface area (Å²) in [5.41, 5.74) is 1.12. The Balaban J connectivity index is 0.000000340. The summed E-state index contributed by atoms with van der Waals surface area (Å²) in [7, 11) is 0. The predicted molar refractivity (Wildman–Crippen MR) is 323 cm³/mol. The zero-order valence-electron chi connectivity index (χ0n) is 51.0. The molecular weight excluding hydrogens is 993 g/mol. The van der Waals surface area contributed by atoms with Crippen molar-refractivity contribution in [3.63, 3.8) is 0 Å². The van der Waals surface area contributed by atoms with Crippen molar-refractivity contribution < 1.29 is 39.3 Å². The third-order valence-electron chi connectivity index (χ3n) is 10.6. The summed E-state index contributed by atoms with van der Waals surface area (Å²) in [6.45, 7) is 41.6. The van der Waals surface area contributed by atoms with E-state index in [0.717, 1.165) is 33.3 Å². The molecule has 6 rings (SSSR count). The highest BCUT2D eigenvalue weighted by molar-refractivity contribution is 5.94. The molecule has 0 aliphatic heterocycles. The Morgan fingerprint density at radius 3 is 1.03 bits per heavy atom. The molecule has 0 saturated heterocycles. The number of nitrogens with one attached hydrogen (secondary N) is 2. The lowest BCUT2D eigenvalue weighted by atomic mass is 10.1. The van der Waals surface area contributed by atoms with Crippen LogP contribution in [0.25, 0.3) is 21.8 Å². The van der Waals surface area contributed by atoms with Gasteiger partial charge in [-0.1, -0.05) is 31.4 Å². The minimum Gasteiger partial charge on any atom is -0.487 e. The van der Waals surface area contributed by atoms with Crippen LogP contribution >= 0.6 is 0 Å². The van der Waals surface area contributed by atoms with Crippen molar-refractivity contribution in [2.24, 2.45) is 0 Å². The molecule has 2 aromatic heterocycles. The van der Waals surface area contributed by atoms with Crippen molar-refractivity contribution in [3.05, 3.63) is 96.6 Å². The number of benzene rings is 4. The number of hydrogen-bond acceptors (Lipinski definition) is 14. The van der Waals surface area contributed by atoms with Crippen LogP contribution in [0, 0.1) is 24.7 Å². The molecule has 2 heterocycles. The monoisotopic (exact) mass is 1080 g/mol. The van der Waals surface area contributed by atoms with Crippen LogP contribution in [0.5, 0.6) is 23.0 Å². The smallest absolute Gasteiger partial charge is 0.163 e. The van der Waals surface area contributed by atoms with Gasteiger partial charge in [-0.15, -0.1) is 12.8 Å². The van der Waals surface area contributed by atoms with Crippen molar-refractivity contribution in [1.82, 2.24) is 19.9 Å². The predicted octanol–water partition coefficient (Wildman–Crippen LogP) is 15.2. The molecule has 79 heavy (non-hydrogen) atoms. The zero-order valence-corrected chi connectivity index (χ0v) is 50.0. The summed E-state index contributed by atoms with van der Waals surface area (Å²) in [5, 5.41) is 8.27. The van der Waals surface area contributed by atoms with Gasteiger partial charge in [-0.05, 0) is 187 Å². The lowest BCUT2D eigenvalue weighted by Gasteiger charge is -2.34. The van der Waals surface area contributed by atoms with Gasteiger partial charge in [0.05, 0.1) is 55.8 Å². The van der Waals surface area contributed by atoms with E-state index in [1.807, 2.05) is 211 Å². The number of nitrogens with zero attached hydrogens (tertiary/aromatic N) is 4. The third-order valence-corrected chi connectivity index (χ3v) is 10.6. The Kier molecular flexibility index (Phi) is 20.5. The summed E-state index contributed by atoms with van der Waals surface area (Å²) in [5.74, 6) is 8.91. The van der Waals surface area contributed by atoms with Crippen LogP contribution in [-0.2, 0) is 18.9 Å². The summed E-state index contributed by atoms with van der Waals surface area (Å²) in [6, 6.07) is 22.7. The van der Waals surface area contributed by atoms with Gasteiger partial charge < -0.3 is 48.5 Å². The van der Waals surface area contributed by atoms with Gasteiger partial charge in [0.1, 0.15) is 52.1 Å². The topological polar surface area (TPSA) is 149 Å². The molecule has 4 aromatic carbocycles. The molecule has 14 heteroatoms. The summed E-state index contributed by atoms with van der Waals surface area (Å²) >= 11 is 0. The second-order valence-electron chi connectivity index (χ2n) is 25.8. The van der Waals surface area contributed by atoms with Gasteiger partial charge in [-0.2, -0.15) is 0 Å². The molecule has 0 fully saturated rings. The van der Waals surface area contributed by atoms with Crippen LogP contribution in [0.2, 0.25) is 0 Å². The van der Waals surface area contributed by atoms with Crippen molar-refractivity contribution in [2.45, 2.75) is 191 Å². The fraction of sp³-hybridized carbons (Fsp3) is 0.508. The van der Waals surface area contributed by atoms with Gasteiger partial charge in [0, 0.05) is 45.4 Å². The lowest BCUT2D eigenvalue weighted by molar-refractivity contribution is -0.131. The largest absolute Gasteiger partial charge is 0.487 e. The van der Waals surface area contributed by atoms with E-state index in [0.29, 0.717) is 72.1 Å². The number of anilines is 4. The molecular formula is C65H90N6O8. The Labute approximate surface area is 474 Å². The van der Waals surface area contributed by atoms with Crippen LogP contribution < -0.4 is 29.6 Å². The van der Waals surface area contributed by atoms with Gasteiger partial charge >= 0.3 is 0 Å². The molecule has 0 saturated carbocycles. The molecule has 2 N–H and O–H groups in total. The van der Waals surface area contributed by atoms with E-state index < -0.39 is 22.4 Å². The molecule has 0 radical (unpaired) electrons. The maximum absolute atomic E-state index is 7.19. The van der Waals surface area contributed by atoms with E-state index in [-0.39, 0.29) is 29.8 Å². The van der Waals surface area contributed by atoms with Crippen LogP contribution in [-0.4, -0.2) is 91.2 Å². The minimum atomic E-state index is -0.549. The second kappa shape index (κ2) is 25.6. The fourth-order valence-electron chi connectivity index (χ4n) is 8.85. The first-order valence-electron chi connectivity index (χ1n) is 26.9. The molecule has 0 bridgehead atoms. The normalized spacial score (nSPS) is 12.7. The quantitative estimate of drug-likeness (QED) is 0.0698. The Morgan fingerprint density at radius 1 is 0.430 bits per heavy atom. The SMILES string of the molecule is C.C#Cc1cccc(Nc2ncnc3cc(OCC(C)(C)OC(C)(C)C)c(OCC(C)(C)OC(C)(C)C)cc23)c1.[2H]C#Cc1cccc(Nc2ncnc3cc(OCC(C)(C)OC(C)(C)C)c(OCC(C)(C)OC(C)(C)C)cc23)c1. The first kappa shape index (κ1) is 63.2. The maximum atomic E-state index is 7.19. The van der Waals surface area contributed by atoms with Crippen molar-refractivity contribution in [1.29, 1.82) is 0 Å². The molecule has 6 aromatic rings. The average Bonchev–Trinajstić information content (AvgIpc) is 3.29. The van der Waals surface area contributed by atoms with Gasteiger partial charge in [-0.3, -0.25) is 0 Å². The lowest BCUT2D eigenvalue weighted by Crippen LogP contribution is -2.40. The van der Waals surface area contributed by atoms with Crippen LogP contribution in [0.15, 0.2) is 85.5 Å². The van der Waals surface area contributed by atoms with Gasteiger partial charge in [0.2, 0.25) is 0 Å². The Bertz CT molecular complexity index is 3130. The highest BCUT2D eigenvalue weighted by Gasteiger charge is 2.32. The third kappa shape index (κ3) is 21.8. The van der Waals surface area contributed by atoms with Crippen LogP contribution in [0.4, 0.5) is 23.0 Å². The van der Waals surface area contributed by atoms with E-state index >= 15 is 0 Å². The van der Waals surface area contributed by atoms with E-state index in [4.69, 9.17) is 45.7 Å². The van der Waals surface area contributed by atoms with Crippen LogP contribution in [0.1, 0.15) is 158 Å². The summed E-state index contributed by atoms with van der Waals surface area (Å²) < 4.78 is 57.4. The van der Waals surface area contributed by atoms with Crippen molar-refractivity contribution in [2.75, 3.05) is 37.1 Å². The molecule has 14 nitrogen and oxygen atoms in total. The number of terminal acetylenes is 2. The minimum absolute atomic E-state index is 0. The second-order valence-corrected chi connectivity index (χ2v) is 25.8. The molecule has 0 atom stereocenters. The molecule has 0 aliphatic carbocycles. The van der Waals surface area contributed by atoms with E-state index in [1.54, 1.807) is 0 Å². The molecule has 0 unspecified atom stereocenters. The first-order valence-corrected chi connectivity index (χ1v) is 26.4. The Morgan fingerprint density at radius 2 is 0.734 bits per heavy atom. The van der Waals surface area contributed by atoms with Gasteiger partial charge in [0.15, 0.2) is 23.0 Å². The zero-order chi connectivity index (χ0) is 58.8. The molecule has 428 valence electrons. The maximum Gasteiger partial charge on any atom is 0.163 e. The van der Waals surface area contributed by atoms with Crippen molar-refractivity contribution in [3.8, 4) is 47.7 Å². The van der Waals surface area contributed by atoms with E-state index in [2.05, 4.69) is 48.8 Å². The van der Waals surface area contributed by atoms with Crippen LogP contribution in [0.3, 0.4) is 0 Å². The Hall–Kier alpha value is -6.68. The number of aromatic nitrogens is 4. The average molecular weight is 1080 g/mol. The number of rotatable bonds is 20. The van der Waals surface area contributed by atoms with E-state index in [1.165, 1.54) is 12.7 Å². The summed E-state index contributed by atoms with van der Waals surface area (Å²) in [6.07, 6.45) is 10.8. The van der Waals surface area contributed by atoms with E-state index in [9.17, 15) is 0 Å². The van der Waals surface area contributed by atoms with Crippen molar-refractivity contribution >= 4 is 44.8 Å². The first-order chi connectivity index (χ1) is 36.4. The fourth-order valence-corrected chi connectivity index (χ4v) is 8.85. The number of hydrogen-bond donors (Lipinski definition) is 2. The molecule has 0 amide bonds. The number of fused-ring (bicyclic) bond motifs is 2.